The molecule has 0 aliphatic rings. The van der Waals surface area contributed by atoms with Crippen molar-refractivity contribution in [2.45, 2.75) is 13.8 Å². The summed E-state index contributed by atoms with van der Waals surface area (Å²) in [6, 6.07) is 15.8. The largest absolute Gasteiger partial charge is 0.354 e. The van der Waals surface area contributed by atoms with Crippen LogP contribution in [0.15, 0.2) is 59.1 Å². The van der Waals surface area contributed by atoms with Crippen LogP contribution in [-0.4, -0.2) is 11.7 Å². The lowest BCUT2D eigenvalue weighted by atomic mass is 9.99. The minimum absolute atomic E-state index is 0.179. The number of hydrogen-bond donors (Lipinski definition) is 2. The number of ketones is 1. The van der Waals surface area contributed by atoms with Gasteiger partial charge in [-0.05, 0) is 55.0 Å². The maximum Gasteiger partial charge on any atom is 0.221 e. The van der Waals surface area contributed by atoms with Gasteiger partial charge in [-0.2, -0.15) is 0 Å². The summed E-state index contributed by atoms with van der Waals surface area (Å²) < 4.78 is 0.836. The van der Waals surface area contributed by atoms with Gasteiger partial charge < -0.3 is 10.6 Å². The zero-order chi connectivity index (χ0) is 21.1. The first-order valence-corrected chi connectivity index (χ1v) is 10.2. The molecule has 0 bridgehead atoms. The first-order chi connectivity index (χ1) is 13.8. The van der Waals surface area contributed by atoms with E-state index in [4.69, 9.17) is 23.2 Å². The van der Waals surface area contributed by atoms with Crippen LogP contribution in [0.4, 0.5) is 17.1 Å². The highest BCUT2D eigenvalue weighted by atomic mass is 79.9. The molecule has 148 valence electrons. The Morgan fingerprint density at radius 3 is 2.34 bits per heavy atom. The SMILES string of the molecule is CC(=O)Nc1cc(Br)ccc1Nc1ccc(C(=O)c2cccc(Cl)c2C)c(Cl)c1. The van der Waals surface area contributed by atoms with E-state index in [0.717, 1.165) is 4.47 Å². The quantitative estimate of drug-likeness (QED) is 0.378. The van der Waals surface area contributed by atoms with Crippen LogP contribution in [0, 0.1) is 6.92 Å². The Balaban J connectivity index is 1.90. The molecule has 3 aromatic rings. The third-order valence-corrected chi connectivity index (χ3v) is 5.51. The van der Waals surface area contributed by atoms with Crippen LogP contribution in [0.5, 0.6) is 0 Å². The Morgan fingerprint density at radius 2 is 1.66 bits per heavy atom. The molecule has 2 N–H and O–H groups in total. The molecule has 0 aliphatic heterocycles. The molecule has 0 aliphatic carbocycles. The molecule has 3 rings (SSSR count). The van der Waals surface area contributed by atoms with Gasteiger partial charge in [0.25, 0.3) is 0 Å². The zero-order valence-corrected chi connectivity index (χ0v) is 18.7. The van der Waals surface area contributed by atoms with E-state index < -0.39 is 0 Å². The minimum atomic E-state index is -0.191. The van der Waals surface area contributed by atoms with Crippen LogP contribution in [0.3, 0.4) is 0 Å². The van der Waals surface area contributed by atoms with Crippen LogP contribution in [-0.2, 0) is 4.79 Å². The van der Waals surface area contributed by atoms with Crippen molar-refractivity contribution >= 4 is 67.9 Å². The lowest BCUT2D eigenvalue weighted by Crippen LogP contribution is -2.08. The number of carbonyl (C=O) groups is 2. The zero-order valence-electron chi connectivity index (χ0n) is 15.6. The van der Waals surface area contributed by atoms with Gasteiger partial charge in [-0.3, -0.25) is 9.59 Å². The van der Waals surface area contributed by atoms with Crippen molar-refractivity contribution in [3.8, 4) is 0 Å². The standard InChI is InChI=1S/C22H17BrCl2N2O2/c1-12-16(4-3-5-18(12)24)22(29)17-8-7-15(11-19(17)25)27-20-9-6-14(23)10-21(20)26-13(2)28/h3-11,27H,1-2H3,(H,26,28). The second kappa shape index (κ2) is 8.99. The van der Waals surface area contributed by atoms with E-state index in [1.54, 1.807) is 49.4 Å². The Hall–Kier alpha value is -2.34. The molecular formula is C22H17BrCl2N2O2. The number of nitrogens with one attached hydrogen (secondary N) is 2. The van der Waals surface area contributed by atoms with Crippen molar-refractivity contribution < 1.29 is 9.59 Å². The average Bonchev–Trinajstić information content (AvgIpc) is 2.65. The van der Waals surface area contributed by atoms with Crippen molar-refractivity contribution in [3.05, 3.63) is 85.8 Å². The molecule has 29 heavy (non-hydrogen) atoms. The number of amides is 1. The molecular weight excluding hydrogens is 475 g/mol. The molecule has 0 aromatic heterocycles. The minimum Gasteiger partial charge on any atom is -0.354 e. The Morgan fingerprint density at radius 1 is 0.897 bits per heavy atom. The Bertz CT molecular complexity index is 1120. The summed E-state index contributed by atoms with van der Waals surface area (Å²) in [6.45, 7) is 3.25. The molecule has 7 heteroatoms. The van der Waals surface area contributed by atoms with Crippen molar-refractivity contribution in [1.29, 1.82) is 0 Å². The lowest BCUT2D eigenvalue weighted by molar-refractivity contribution is -0.114. The molecule has 1 amide bonds. The summed E-state index contributed by atoms with van der Waals surface area (Å²) in [7, 11) is 0. The number of halogens is 3. The van der Waals surface area contributed by atoms with Gasteiger partial charge in [-0.15, -0.1) is 0 Å². The second-order valence-corrected chi connectivity index (χ2v) is 8.16. The number of carbonyl (C=O) groups excluding carboxylic acids is 2. The number of anilines is 3. The summed E-state index contributed by atoms with van der Waals surface area (Å²) >= 11 is 15.9. The van der Waals surface area contributed by atoms with Gasteiger partial charge in [0.2, 0.25) is 5.91 Å². The molecule has 0 unspecified atom stereocenters. The number of benzene rings is 3. The third kappa shape index (κ3) is 4.99. The lowest BCUT2D eigenvalue weighted by Gasteiger charge is -2.14. The highest BCUT2D eigenvalue weighted by molar-refractivity contribution is 9.10. The molecule has 0 heterocycles. The number of rotatable bonds is 5. The van der Waals surface area contributed by atoms with Gasteiger partial charge in [-0.1, -0.05) is 51.3 Å². The predicted molar refractivity (Wildman–Crippen MR) is 123 cm³/mol. The van der Waals surface area contributed by atoms with Gasteiger partial charge in [0.1, 0.15) is 0 Å². The smallest absolute Gasteiger partial charge is 0.221 e. The monoisotopic (exact) mass is 490 g/mol. The highest BCUT2D eigenvalue weighted by Crippen LogP contribution is 2.32. The Kier molecular flexibility index (Phi) is 6.63. The highest BCUT2D eigenvalue weighted by Gasteiger charge is 2.17. The molecule has 0 atom stereocenters. The fourth-order valence-corrected chi connectivity index (χ4v) is 3.65. The fraction of sp³-hybridized carbons (Fsp3) is 0.0909. The summed E-state index contributed by atoms with van der Waals surface area (Å²) in [5.74, 6) is -0.369. The Labute approximate surface area is 187 Å². The first kappa shape index (κ1) is 21.4. The number of hydrogen-bond acceptors (Lipinski definition) is 3. The van der Waals surface area contributed by atoms with E-state index in [2.05, 4.69) is 26.6 Å². The first-order valence-electron chi connectivity index (χ1n) is 8.70. The van der Waals surface area contributed by atoms with Crippen LogP contribution >= 0.6 is 39.1 Å². The van der Waals surface area contributed by atoms with Gasteiger partial charge in [-0.25, -0.2) is 0 Å². The van der Waals surface area contributed by atoms with E-state index in [0.29, 0.717) is 43.8 Å². The van der Waals surface area contributed by atoms with Crippen LogP contribution < -0.4 is 10.6 Å². The van der Waals surface area contributed by atoms with Gasteiger partial charge >= 0.3 is 0 Å². The van der Waals surface area contributed by atoms with Gasteiger partial charge in [0.05, 0.1) is 16.4 Å². The normalized spacial score (nSPS) is 10.5. The van der Waals surface area contributed by atoms with Crippen molar-refractivity contribution in [2.24, 2.45) is 0 Å². The van der Waals surface area contributed by atoms with Gasteiger partial charge in [0, 0.05) is 33.2 Å². The summed E-state index contributed by atoms with van der Waals surface area (Å²) in [5.41, 5.74) is 3.62. The molecule has 3 aromatic carbocycles. The topological polar surface area (TPSA) is 58.2 Å². The second-order valence-electron chi connectivity index (χ2n) is 6.43. The van der Waals surface area contributed by atoms with Crippen LogP contribution in [0.25, 0.3) is 0 Å². The maximum absolute atomic E-state index is 12.9. The van der Waals surface area contributed by atoms with Crippen LogP contribution in [0.1, 0.15) is 28.4 Å². The van der Waals surface area contributed by atoms with Crippen LogP contribution in [0.2, 0.25) is 10.0 Å². The molecule has 4 nitrogen and oxygen atoms in total. The molecule has 0 fully saturated rings. The van der Waals surface area contributed by atoms with E-state index in [1.165, 1.54) is 6.92 Å². The molecule has 0 saturated carbocycles. The molecule has 0 spiro atoms. The summed E-state index contributed by atoms with van der Waals surface area (Å²) in [6.07, 6.45) is 0. The van der Waals surface area contributed by atoms with E-state index in [9.17, 15) is 9.59 Å². The van der Waals surface area contributed by atoms with E-state index in [1.807, 2.05) is 12.1 Å². The van der Waals surface area contributed by atoms with E-state index >= 15 is 0 Å². The molecule has 0 saturated heterocycles. The maximum atomic E-state index is 12.9. The summed E-state index contributed by atoms with van der Waals surface area (Å²) in [4.78, 5) is 24.4. The van der Waals surface area contributed by atoms with Crippen molar-refractivity contribution in [1.82, 2.24) is 0 Å². The predicted octanol–water partition coefficient (Wildman–Crippen LogP) is 7.00. The summed E-state index contributed by atoms with van der Waals surface area (Å²) in [5, 5.41) is 6.85. The van der Waals surface area contributed by atoms with Crippen molar-refractivity contribution in [2.75, 3.05) is 10.6 Å². The molecule has 0 radical (unpaired) electrons. The van der Waals surface area contributed by atoms with E-state index in [-0.39, 0.29) is 11.7 Å². The fourth-order valence-electron chi connectivity index (χ4n) is 2.85. The van der Waals surface area contributed by atoms with Crippen molar-refractivity contribution in [3.63, 3.8) is 0 Å². The van der Waals surface area contributed by atoms with Gasteiger partial charge in [0.15, 0.2) is 5.78 Å². The third-order valence-electron chi connectivity index (χ3n) is 4.30. The average molecular weight is 492 g/mol.